The Morgan fingerprint density at radius 3 is 2.74 bits per heavy atom. The summed E-state index contributed by atoms with van der Waals surface area (Å²) in [5.41, 5.74) is 4.87. The molecule has 1 aliphatic carbocycles. The molecule has 4 heterocycles. The first-order valence-corrected chi connectivity index (χ1v) is 13.5. The van der Waals surface area contributed by atoms with Crippen LogP contribution in [0.5, 0.6) is 5.88 Å². The molecule has 1 amide bonds. The molecule has 3 N–H and O–H groups in total. The van der Waals surface area contributed by atoms with Crippen LogP contribution in [0.2, 0.25) is 0 Å². The van der Waals surface area contributed by atoms with Gasteiger partial charge in [0, 0.05) is 43.0 Å². The molecule has 0 spiro atoms. The smallest absolute Gasteiger partial charge is 0.239 e. The van der Waals surface area contributed by atoms with Crippen LogP contribution in [-0.4, -0.2) is 67.2 Å². The number of ether oxygens (including phenoxy) is 1. The Kier molecular flexibility index (Phi) is 7.70. The first-order chi connectivity index (χ1) is 16.7. The molecular weight excluding hydrogens is 426 g/mol. The Balaban J connectivity index is 1.14. The zero-order valence-corrected chi connectivity index (χ0v) is 20.7. The van der Waals surface area contributed by atoms with Crippen molar-refractivity contribution in [2.24, 2.45) is 5.92 Å². The lowest BCUT2D eigenvalue weighted by molar-refractivity contribution is -0.132. The van der Waals surface area contributed by atoms with E-state index in [9.17, 15) is 4.79 Å². The summed E-state index contributed by atoms with van der Waals surface area (Å²) in [6.07, 6.45) is 10.3. The number of allylic oxidation sites excluding steroid dienone is 1. The van der Waals surface area contributed by atoms with Gasteiger partial charge in [0.15, 0.2) is 0 Å². The minimum absolute atomic E-state index is 0.0547. The number of aromatic nitrogens is 1. The van der Waals surface area contributed by atoms with E-state index in [0.717, 1.165) is 95.3 Å². The number of nitrogens with one attached hydrogen (secondary N) is 3. The summed E-state index contributed by atoms with van der Waals surface area (Å²) in [6.45, 7) is 7.80. The second-order valence-corrected chi connectivity index (χ2v) is 10.5. The molecule has 1 aromatic rings. The van der Waals surface area contributed by atoms with E-state index in [2.05, 4.69) is 28.9 Å². The highest BCUT2D eigenvalue weighted by molar-refractivity contribution is 5.82. The van der Waals surface area contributed by atoms with Crippen molar-refractivity contribution in [3.05, 3.63) is 29.0 Å². The zero-order valence-electron chi connectivity index (χ0n) is 20.7. The lowest BCUT2D eigenvalue weighted by atomic mass is 9.93. The number of pyridine rings is 1. The van der Waals surface area contributed by atoms with Gasteiger partial charge in [-0.15, -0.1) is 0 Å². The summed E-state index contributed by atoms with van der Waals surface area (Å²) < 4.78 is 6.00. The number of hydrogen-bond acceptors (Lipinski definition) is 6. The summed E-state index contributed by atoms with van der Waals surface area (Å²) in [5.74, 6) is 1.85. The fourth-order valence-electron chi connectivity index (χ4n) is 5.68. The van der Waals surface area contributed by atoms with Crippen LogP contribution in [0.4, 0.5) is 0 Å². The van der Waals surface area contributed by atoms with Crippen molar-refractivity contribution in [3.63, 3.8) is 0 Å². The number of hydrogen-bond donors (Lipinski definition) is 3. The number of carbonyl (C=O) groups is 1. The molecule has 2 atom stereocenters. The molecule has 0 radical (unpaired) electrons. The first-order valence-electron chi connectivity index (χ1n) is 13.5. The maximum atomic E-state index is 12.8. The van der Waals surface area contributed by atoms with Crippen molar-refractivity contribution in [3.8, 4) is 5.88 Å². The quantitative estimate of drug-likeness (QED) is 0.485. The van der Waals surface area contributed by atoms with Crippen molar-refractivity contribution in [2.45, 2.75) is 76.8 Å². The van der Waals surface area contributed by atoms with Crippen LogP contribution in [-0.2, 0) is 4.79 Å². The fourth-order valence-corrected chi connectivity index (χ4v) is 5.68. The van der Waals surface area contributed by atoms with Crippen LogP contribution in [0.15, 0.2) is 17.7 Å². The predicted octanol–water partition coefficient (Wildman–Crippen LogP) is 3.00. The molecule has 0 aromatic carbocycles. The SMILES string of the molecule is Cc1nc(OCCCC2CCNCC2)ccc1C(N[C@@H]1CN[C@H](C(=O)N2CCCC2)C1)=C1CC1. The van der Waals surface area contributed by atoms with Gasteiger partial charge in [0.25, 0.3) is 0 Å². The Labute approximate surface area is 204 Å². The first kappa shape index (κ1) is 23.6. The highest BCUT2D eigenvalue weighted by atomic mass is 16.5. The van der Waals surface area contributed by atoms with Crippen LogP contribution in [0.3, 0.4) is 0 Å². The van der Waals surface area contributed by atoms with Gasteiger partial charge in [0.2, 0.25) is 11.8 Å². The Hall–Kier alpha value is -2.12. The van der Waals surface area contributed by atoms with Crippen LogP contribution in [0.1, 0.15) is 69.0 Å². The fraction of sp³-hybridized carbons (Fsp3) is 0.704. The van der Waals surface area contributed by atoms with Crippen LogP contribution >= 0.6 is 0 Å². The van der Waals surface area contributed by atoms with Crippen LogP contribution < -0.4 is 20.7 Å². The number of likely N-dealkylation sites (tertiary alicyclic amines) is 1. The zero-order chi connectivity index (χ0) is 23.3. The molecule has 1 saturated carbocycles. The van der Waals surface area contributed by atoms with Crippen LogP contribution in [0.25, 0.3) is 5.70 Å². The third-order valence-electron chi connectivity index (χ3n) is 7.84. The van der Waals surface area contributed by atoms with Gasteiger partial charge >= 0.3 is 0 Å². The molecule has 186 valence electrons. The van der Waals surface area contributed by atoms with Crippen molar-refractivity contribution in [2.75, 3.05) is 39.3 Å². The average molecular weight is 468 g/mol. The Morgan fingerprint density at radius 1 is 1.21 bits per heavy atom. The molecule has 4 fully saturated rings. The van der Waals surface area contributed by atoms with Gasteiger partial charge in [-0.1, -0.05) is 0 Å². The number of aryl methyl sites for hydroxylation is 1. The molecule has 5 rings (SSSR count). The molecule has 3 aliphatic heterocycles. The van der Waals surface area contributed by atoms with Gasteiger partial charge in [-0.2, -0.15) is 0 Å². The molecule has 4 aliphatic rings. The van der Waals surface area contributed by atoms with Gasteiger partial charge in [0.05, 0.1) is 18.3 Å². The molecule has 7 heteroatoms. The van der Waals surface area contributed by atoms with E-state index in [1.807, 2.05) is 11.0 Å². The van der Waals surface area contributed by atoms with E-state index < -0.39 is 0 Å². The van der Waals surface area contributed by atoms with Gasteiger partial charge < -0.3 is 25.6 Å². The summed E-state index contributed by atoms with van der Waals surface area (Å²) in [5, 5.41) is 10.7. The lowest BCUT2D eigenvalue weighted by Crippen LogP contribution is -2.42. The minimum Gasteiger partial charge on any atom is -0.478 e. The maximum absolute atomic E-state index is 12.8. The summed E-state index contributed by atoms with van der Waals surface area (Å²) in [6, 6.07) is 4.39. The third kappa shape index (κ3) is 5.92. The van der Waals surface area contributed by atoms with Crippen LogP contribution in [0, 0.1) is 12.8 Å². The Bertz CT molecular complexity index is 883. The van der Waals surface area contributed by atoms with Crippen molar-refractivity contribution >= 4 is 11.6 Å². The normalized spacial score (nSPS) is 25.0. The minimum atomic E-state index is -0.0547. The molecule has 0 bridgehead atoms. The van der Waals surface area contributed by atoms with Gasteiger partial charge in [-0.05, 0) is 95.4 Å². The third-order valence-corrected chi connectivity index (χ3v) is 7.84. The van der Waals surface area contributed by atoms with Crippen molar-refractivity contribution < 1.29 is 9.53 Å². The highest BCUT2D eigenvalue weighted by Gasteiger charge is 2.34. The summed E-state index contributed by atoms with van der Waals surface area (Å²) >= 11 is 0. The molecule has 34 heavy (non-hydrogen) atoms. The number of piperidine rings is 1. The number of rotatable bonds is 9. The average Bonchev–Trinajstić information content (AvgIpc) is 3.34. The highest BCUT2D eigenvalue weighted by Crippen LogP contribution is 2.37. The number of nitrogens with zero attached hydrogens (tertiary/aromatic N) is 2. The second-order valence-electron chi connectivity index (χ2n) is 10.5. The largest absolute Gasteiger partial charge is 0.478 e. The second kappa shape index (κ2) is 11.1. The molecule has 1 aromatic heterocycles. The van der Waals surface area contributed by atoms with E-state index >= 15 is 0 Å². The Morgan fingerprint density at radius 2 is 2.00 bits per heavy atom. The van der Waals surface area contributed by atoms with Gasteiger partial charge in [-0.25, -0.2) is 4.98 Å². The summed E-state index contributed by atoms with van der Waals surface area (Å²) in [7, 11) is 0. The van der Waals surface area contributed by atoms with Gasteiger partial charge in [-0.3, -0.25) is 4.79 Å². The number of carbonyl (C=O) groups excluding carboxylic acids is 1. The monoisotopic (exact) mass is 467 g/mol. The van der Waals surface area contributed by atoms with E-state index in [1.165, 1.54) is 36.1 Å². The molecular formula is C27H41N5O2. The summed E-state index contributed by atoms with van der Waals surface area (Å²) in [4.78, 5) is 19.6. The van der Waals surface area contributed by atoms with Gasteiger partial charge in [0.1, 0.15) is 0 Å². The molecule has 7 nitrogen and oxygen atoms in total. The standard InChI is InChI=1S/C27H41N5O2/c1-19-23(8-9-25(30-19)34-16-4-5-20-10-12-28-13-11-20)26(21-6-7-21)31-22-17-24(29-18-22)27(33)32-14-2-3-15-32/h8-9,20,22,24,28-29,31H,2-7,10-18H2,1H3/t22-,24-/m0/s1. The molecule has 0 unspecified atom stereocenters. The molecule has 3 saturated heterocycles. The van der Waals surface area contributed by atoms with E-state index in [1.54, 1.807) is 0 Å². The number of amides is 1. The van der Waals surface area contributed by atoms with E-state index in [4.69, 9.17) is 9.72 Å². The maximum Gasteiger partial charge on any atom is 0.239 e. The van der Waals surface area contributed by atoms with Crippen molar-refractivity contribution in [1.82, 2.24) is 25.8 Å². The van der Waals surface area contributed by atoms with Crippen molar-refractivity contribution in [1.29, 1.82) is 0 Å². The van der Waals surface area contributed by atoms with E-state index in [0.29, 0.717) is 0 Å². The predicted molar refractivity (Wildman–Crippen MR) is 135 cm³/mol. The van der Waals surface area contributed by atoms with E-state index in [-0.39, 0.29) is 18.0 Å². The topological polar surface area (TPSA) is 78.5 Å². The lowest BCUT2D eigenvalue weighted by Gasteiger charge is -2.22.